The zero-order valence-corrected chi connectivity index (χ0v) is 22.1. The Morgan fingerprint density at radius 1 is 1.08 bits per heavy atom. The fraction of sp³-hybridized carbons (Fsp3) is 0.0741. The monoisotopic (exact) mass is 572 g/mol. The van der Waals surface area contributed by atoms with Crippen LogP contribution in [0.3, 0.4) is 0 Å². The Bertz CT molecular complexity index is 1790. The van der Waals surface area contributed by atoms with Gasteiger partial charge in [-0.3, -0.25) is 24.7 Å². The number of aromatic nitrogens is 5. The van der Waals surface area contributed by atoms with Gasteiger partial charge in [0.15, 0.2) is 10.9 Å². The number of halogens is 1. The number of aliphatic imine (C=N–C) groups is 1. The molecule has 8 nitrogen and oxygen atoms in total. The van der Waals surface area contributed by atoms with Crippen molar-refractivity contribution in [3.63, 3.8) is 0 Å². The molecule has 0 atom stereocenters. The molecule has 184 valence electrons. The molecule has 0 saturated carbocycles. The van der Waals surface area contributed by atoms with Crippen LogP contribution in [0.4, 0.5) is 5.69 Å². The number of rotatable bonds is 7. The zero-order chi connectivity index (χ0) is 25.9. The summed E-state index contributed by atoms with van der Waals surface area (Å²) in [7, 11) is 0. The van der Waals surface area contributed by atoms with Gasteiger partial charge in [0, 0.05) is 27.7 Å². The number of thioether (sulfide) groups is 1. The van der Waals surface area contributed by atoms with Gasteiger partial charge in [-0.2, -0.15) is 0 Å². The third-order valence-electron chi connectivity index (χ3n) is 5.67. The molecular formula is C27H21BrN6O2S. The quantitative estimate of drug-likeness (QED) is 0.151. The molecule has 0 bridgehead atoms. The molecule has 0 amide bonds. The zero-order valence-electron chi connectivity index (χ0n) is 19.7. The molecule has 5 aromatic rings. The molecule has 0 aliphatic heterocycles. The van der Waals surface area contributed by atoms with Crippen molar-refractivity contribution in [2.24, 2.45) is 4.99 Å². The minimum atomic E-state index is -0.382. The SMILES string of the molecule is C=CCSc1nnc(-c2cc(Br)ccc2N=Cc2c(C)[nH]n(-c3ccc4ccccc4c3)c2=O)c(=O)[nH]1. The Morgan fingerprint density at radius 2 is 1.89 bits per heavy atom. The van der Waals surface area contributed by atoms with Crippen LogP contribution in [0.15, 0.2) is 97.5 Å². The van der Waals surface area contributed by atoms with Gasteiger partial charge in [-0.25, -0.2) is 4.68 Å². The lowest BCUT2D eigenvalue weighted by atomic mass is 10.1. The minimum absolute atomic E-state index is 0.135. The van der Waals surface area contributed by atoms with Crippen LogP contribution in [0.2, 0.25) is 0 Å². The summed E-state index contributed by atoms with van der Waals surface area (Å²) in [5.74, 6) is 0.600. The minimum Gasteiger partial charge on any atom is -0.298 e. The van der Waals surface area contributed by atoms with Crippen molar-refractivity contribution in [3.05, 3.63) is 110 Å². The highest BCUT2D eigenvalue weighted by atomic mass is 79.9. The molecule has 0 spiro atoms. The lowest BCUT2D eigenvalue weighted by molar-refractivity contribution is 0.825. The standard InChI is InChI=1S/C27H21BrN6O2S/c1-3-12-37-27-30-25(35)24(31-32-27)21-14-19(28)9-11-23(21)29-15-22-16(2)33-34(26(22)36)20-10-8-17-6-4-5-7-18(17)13-20/h3-11,13-15,33H,1,12H2,2H3,(H,30,32,35). The largest absolute Gasteiger partial charge is 0.298 e. The van der Waals surface area contributed by atoms with Crippen LogP contribution >= 0.6 is 27.7 Å². The van der Waals surface area contributed by atoms with Gasteiger partial charge in [0.1, 0.15) is 0 Å². The van der Waals surface area contributed by atoms with Crippen molar-refractivity contribution < 1.29 is 0 Å². The molecule has 2 aromatic heterocycles. The maximum absolute atomic E-state index is 13.3. The highest BCUT2D eigenvalue weighted by molar-refractivity contribution is 9.10. The molecule has 0 saturated heterocycles. The summed E-state index contributed by atoms with van der Waals surface area (Å²) in [6.45, 7) is 5.48. The van der Waals surface area contributed by atoms with E-state index in [0.717, 1.165) is 20.9 Å². The van der Waals surface area contributed by atoms with Crippen molar-refractivity contribution >= 4 is 50.4 Å². The van der Waals surface area contributed by atoms with E-state index < -0.39 is 0 Å². The Balaban J connectivity index is 1.52. The normalized spacial score (nSPS) is 11.4. The number of fused-ring (bicyclic) bond motifs is 1. The third kappa shape index (κ3) is 5.11. The highest BCUT2D eigenvalue weighted by Crippen LogP contribution is 2.30. The second kappa shape index (κ2) is 10.5. The van der Waals surface area contributed by atoms with Gasteiger partial charge >= 0.3 is 0 Å². The third-order valence-corrected chi connectivity index (χ3v) is 7.02. The van der Waals surface area contributed by atoms with Gasteiger partial charge in [0.2, 0.25) is 0 Å². The maximum Gasteiger partial charge on any atom is 0.280 e. The molecule has 0 unspecified atom stereocenters. The number of aryl methyl sites for hydroxylation is 1. The Morgan fingerprint density at radius 3 is 2.68 bits per heavy atom. The predicted molar refractivity (Wildman–Crippen MR) is 153 cm³/mol. The second-order valence-corrected chi connectivity index (χ2v) is 10.1. The molecule has 3 aromatic carbocycles. The van der Waals surface area contributed by atoms with Crippen LogP contribution in [-0.4, -0.2) is 36.9 Å². The predicted octanol–water partition coefficient (Wildman–Crippen LogP) is 5.56. The molecule has 0 radical (unpaired) electrons. The van der Waals surface area contributed by atoms with Gasteiger partial charge in [0.05, 0.1) is 16.9 Å². The van der Waals surface area contributed by atoms with E-state index in [0.29, 0.717) is 33.4 Å². The molecular weight excluding hydrogens is 552 g/mol. The highest BCUT2D eigenvalue weighted by Gasteiger charge is 2.15. The topological polar surface area (TPSA) is 109 Å². The number of nitrogens with one attached hydrogen (secondary N) is 2. The first-order valence-electron chi connectivity index (χ1n) is 11.3. The summed E-state index contributed by atoms with van der Waals surface area (Å²) in [5.41, 5.74) is 2.31. The summed E-state index contributed by atoms with van der Waals surface area (Å²) in [6, 6.07) is 19.1. The van der Waals surface area contributed by atoms with E-state index in [-0.39, 0.29) is 16.8 Å². The van der Waals surface area contributed by atoms with Gasteiger partial charge in [0.25, 0.3) is 11.1 Å². The summed E-state index contributed by atoms with van der Waals surface area (Å²) >= 11 is 4.78. The van der Waals surface area contributed by atoms with Gasteiger partial charge < -0.3 is 0 Å². The van der Waals surface area contributed by atoms with Crippen LogP contribution < -0.4 is 11.1 Å². The van der Waals surface area contributed by atoms with E-state index in [9.17, 15) is 9.59 Å². The molecule has 0 aliphatic rings. The first kappa shape index (κ1) is 24.7. The summed E-state index contributed by atoms with van der Waals surface area (Å²) in [6.07, 6.45) is 3.23. The van der Waals surface area contributed by atoms with Gasteiger partial charge in [-0.1, -0.05) is 64.1 Å². The first-order chi connectivity index (χ1) is 17.9. The Labute approximate surface area is 224 Å². The molecule has 0 fully saturated rings. The van der Waals surface area contributed by atoms with Crippen LogP contribution in [0.25, 0.3) is 27.7 Å². The second-order valence-electron chi connectivity index (χ2n) is 8.15. The fourth-order valence-electron chi connectivity index (χ4n) is 3.85. The molecule has 2 heterocycles. The van der Waals surface area contributed by atoms with Crippen LogP contribution in [0.1, 0.15) is 11.3 Å². The number of aromatic amines is 2. The fourth-order valence-corrected chi connectivity index (χ4v) is 4.76. The van der Waals surface area contributed by atoms with E-state index in [2.05, 4.69) is 47.8 Å². The van der Waals surface area contributed by atoms with E-state index in [1.807, 2.05) is 55.5 Å². The van der Waals surface area contributed by atoms with E-state index in [1.54, 1.807) is 18.2 Å². The van der Waals surface area contributed by atoms with Crippen molar-refractivity contribution in [1.29, 1.82) is 0 Å². The van der Waals surface area contributed by atoms with Gasteiger partial charge in [-0.05, 0) is 48.0 Å². The molecule has 2 N–H and O–H groups in total. The van der Waals surface area contributed by atoms with Crippen LogP contribution in [-0.2, 0) is 0 Å². The average molecular weight is 573 g/mol. The Kier molecular flexibility index (Phi) is 7.02. The number of benzene rings is 3. The van der Waals surface area contributed by atoms with Crippen molar-refractivity contribution in [1.82, 2.24) is 25.0 Å². The number of nitrogens with zero attached hydrogens (tertiary/aromatic N) is 4. The molecule has 37 heavy (non-hydrogen) atoms. The number of H-pyrrole nitrogens is 2. The van der Waals surface area contributed by atoms with Crippen LogP contribution in [0.5, 0.6) is 0 Å². The summed E-state index contributed by atoms with van der Waals surface area (Å²) in [4.78, 5) is 33.4. The first-order valence-corrected chi connectivity index (χ1v) is 13.1. The number of hydrogen-bond donors (Lipinski definition) is 2. The van der Waals surface area contributed by atoms with E-state index >= 15 is 0 Å². The number of hydrogen-bond acceptors (Lipinski definition) is 6. The smallest absolute Gasteiger partial charge is 0.280 e. The summed E-state index contributed by atoms with van der Waals surface area (Å²) in [5, 5.41) is 13.9. The van der Waals surface area contributed by atoms with E-state index in [1.165, 1.54) is 22.7 Å². The summed E-state index contributed by atoms with van der Waals surface area (Å²) < 4.78 is 2.26. The lowest BCUT2D eigenvalue weighted by Gasteiger charge is -2.05. The van der Waals surface area contributed by atoms with Crippen LogP contribution in [0, 0.1) is 6.92 Å². The molecule has 0 aliphatic carbocycles. The molecule has 5 rings (SSSR count). The average Bonchev–Trinajstić information content (AvgIpc) is 3.19. The van der Waals surface area contributed by atoms with Crippen molar-refractivity contribution in [2.75, 3.05) is 5.75 Å². The van der Waals surface area contributed by atoms with Crippen molar-refractivity contribution in [2.45, 2.75) is 12.1 Å². The van der Waals surface area contributed by atoms with Gasteiger partial charge in [-0.15, -0.1) is 16.8 Å². The molecule has 10 heteroatoms. The van der Waals surface area contributed by atoms with E-state index in [4.69, 9.17) is 0 Å². The lowest BCUT2D eigenvalue weighted by Crippen LogP contribution is -2.17. The Hall–Kier alpha value is -4.02. The maximum atomic E-state index is 13.3. The van der Waals surface area contributed by atoms with Crippen molar-refractivity contribution in [3.8, 4) is 16.9 Å².